The Morgan fingerprint density at radius 1 is 1.26 bits per heavy atom. The monoisotopic (exact) mass is 320 g/mol. The highest BCUT2D eigenvalue weighted by molar-refractivity contribution is 5.79. The van der Waals surface area contributed by atoms with Gasteiger partial charge in [-0.3, -0.25) is 4.99 Å². The van der Waals surface area contributed by atoms with Gasteiger partial charge in [-0.1, -0.05) is 25.5 Å². The molecule has 0 aromatic heterocycles. The van der Waals surface area contributed by atoms with Crippen molar-refractivity contribution in [2.75, 3.05) is 33.2 Å². The van der Waals surface area contributed by atoms with Crippen molar-refractivity contribution >= 4 is 5.96 Å². The first-order valence-electron chi connectivity index (χ1n) is 8.58. The second-order valence-electron chi connectivity index (χ2n) is 6.40. The molecule has 1 aliphatic heterocycles. The van der Waals surface area contributed by atoms with Crippen LogP contribution < -0.4 is 10.6 Å². The number of hydrogen-bond donors (Lipinski definition) is 2. The molecule has 2 N–H and O–H groups in total. The maximum atomic E-state index is 13.2. The number of nitrogens with zero attached hydrogens (tertiary/aromatic N) is 2. The van der Waals surface area contributed by atoms with Gasteiger partial charge >= 0.3 is 0 Å². The van der Waals surface area contributed by atoms with E-state index in [0.717, 1.165) is 24.6 Å². The number of benzene rings is 1. The zero-order valence-electron chi connectivity index (χ0n) is 14.3. The molecule has 0 saturated carbocycles. The molecule has 5 heteroatoms. The molecule has 1 atom stereocenters. The third kappa shape index (κ3) is 6.57. The minimum absolute atomic E-state index is 0.206. The van der Waals surface area contributed by atoms with Crippen LogP contribution in [0.5, 0.6) is 0 Å². The van der Waals surface area contributed by atoms with Crippen LogP contribution in [0.25, 0.3) is 0 Å². The average Bonchev–Trinajstić information content (AvgIpc) is 2.56. The Hall–Kier alpha value is -1.62. The molecule has 1 saturated heterocycles. The standard InChI is InChI=1S/C18H29FN4/c1-15(14-23-9-4-3-5-10-23)12-21-18(20-2)22-13-16-7-6-8-17(19)11-16/h6-8,11,15H,3-5,9-10,12-14H2,1-2H3,(H2,20,21,22). The van der Waals surface area contributed by atoms with E-state index in [0.29, 0.717) is 12.5 Å². The molecular formula is C18H29FN4. The molecule has 1 aromatic carbocycles. The third-order valence-corrected chi connectivity index (χ3v) is 4.21. The molecule has 0 spiro atoms. The van der Waals surface area contributed by atoms with Crippen LogP contribution in [-0.2, 0) is 6.54 Å². The van der Waals surface area contributed by atoms with E-state index in [4.69, 9.17) is 0 Å². The summed E-state index contributed by atoms with van der Waals surface area (Å²) in [6.07, 6.45) is 4.04. The zero-order valence-corrected chi connectivity index (χ0v) is 14.3. The summed E-state index contributed by atoms with van der Waals surface area (Å²) >= 11 is 0. The molecule has 4 nitrogen and oxygen atoms in total. The minimum atomic E-state index is -0.206. The summed E-state index contributed by atoms with van der Waals surface area (Å²) in [7, 11) is 1.76. The van der Waals surface area contributed by atoms with Crippen LogP contribution in [0.1, 0.15) is 31.7 Å². The minimum Gasteiger partial charge on any atom is -0.356 e. The topological polar surface area (TPSA) is 39.7 Å². The summed E-state index contributed by atoms with van der Waals surface area (Å²) < 4.78 is 13.2. The van der Waals surface area contributed by atoms with Crippen LogP contribution in [0.2, 0.25) is 0 Å². The van der Waals surface area contributed by atoms with Gasteiger partial charge in [0.25, 0.3) is 0 Å². The van der Waals surface area contributed by atoms with Gasteiger partial charge in [0.2, 0.25) is 0 Å². The zero-order chi connectivity index (χ0) is 16.5. The number of guanidine groups is 1. The first kappa shape index (κ1) is 17.7. The fraction of sp³-hybridized carbons (Fsp3) is 0.611. The van der Waals surface area contributed by atoms with E-state index >= 15 is 0 Å². The normalized spacial score (nSPS) is 17.8. The maximum absolute atomic E-state index is 13.2. The Bertz CT molecular complexity index is 498. The highest BCUT2D eigenvalue weighted by Crippen LogP contribution is 2.10. The molecule has 1 heterocycles. The summed E-state index contributed by atoms with van der Waals surface area (Å²) in [6, 6.07) is 6.63. The largest absolute Gasteiger partial charge is 0.356 e. The Balaban J connectivity index is 1.69. The Morgan fingerprint density at radius 3 is 2.74 bits per heavy atom. The van der Waals surface area contributed by atoms with Gasteiger partial charge in [-0.2, -0.15) is 0 Å². The summed E-state index contributed by atoms with van der Waals surface area (Å²) in [6.45, 7) is 7.32. The maximum Gasteiger partial charge on any atom is 0.191 e. The van der Waals surface area contributed by atoms with Crippen LogP contribution in [0.15, 0.2) is 29.3 Å². The molecule has 0 bridgehead atoms. The van der Waals surface area contributed by atoms with Crippen molar-refractivity contribution in [2.45, 2.75) is 32.7 Å². The van der Waals surface area contributed by atoms with Crippen LogP contribution in [0.3, 0.4) is 0 Å². The van der Waals surface area contributed by atoms with Crippen molar-refractivity contribution < 1.29 is 4.39 Å². The molecule has 0 aliphatic carbocycles. The van der Waals surface area contributed by atoms with Crippen LogP contribution in [-0.4, -0.2) is 44.1 Å². The van der Waals surface area contributed by atoms with E-state index in [1.165, 1.54) is 38.4 Å². The highest BCUT2D eigenvalue weighted by atomic mass is 19.1. The lowest BCUT2D eigenvalue weighted by Gasteiger charge is -2.29. The first-order valence-corrected chi connectivity index (χ1v) is 8.58. The summed E-state index contributed by atoms with van der Waals surface area (Å²) in [5, 5.41) is 6.59. The van der Waals surface area contributed by atoms with Gasteiger partial charge in [-0.15, -0.1) is 0 Å². The average molecular weight is 320 g/mol. The molecule has 1 unspecified atom stereocenters. The lowest BCUT2D eigenvalue weighted by Crippen LogP contribution is -2.42. The second-order valence-corrected chi connectivity index (χ2v) is 6.40. The Morgan fingerprint density at radius 2 is 2.04 bits per heavy atom. The van der Waals surface area contributed by atoms with Crippen molar-refractivity contribution in [3.8, 4) is 0 Å². The van der Waals surface area contributed by atoms with E-state index < -0.39 is 0 Å². The van der Waals surface area contributed by atoms with Gasteiger partial charge in [0.1, 0.15) is 5.82 Å². The second kappa shape index (κ2) is 9.50. The number of piperidine rings is 1. The number of hydrogen-bond acceptors (Lipinski definition) is 2. The van der Waals surface area contributed by atoms with E-state index in [2.05, 4.69) is 27.4 Å². The molecular weight excluding hydrogens is 291 g/mol. The molecule has 2 rings (SSSR count). The van der Waals surface area contributed by atoms with Crippen molar-refractivity contribution in [1.29, 1.82) is 0 Å². The van der Waals surface area contributed by atoms with Gasteiger partial charge in [-0.05, 0) is 49.5 Å². The van der Waals surface area contributed by atoms with Crippen LogP contribution in [0, 0.1) is 11.7 Å². The fourth-order valence-electron chi connectivity index (χ4n) is 2.97. The van der Waals surface area contributed by atoms with E-state index in [9.17, 15) is 4.39 Å². The number of rotatable bonds is 6. The molecule has 23 heavy (non-hydrogen) atoms. The quantitative estimate of drug-likeness (QED) is 0.625. The van der Waals surface area contributed by atoms with Crippen molar-refractivity contribution in [3.63, 3.8) is 0 Å². The van der Waals surface area contributed by atoms with E-state index in [1.807, 2.05) is 6.07 Å². The Labute approximate surface area is 139 Å². The summed E-state index contributed by atoms with van der Waals surface area (Å²) in [5.41, 5.74) is 0.911. The SMILES string of the molecule is CN=C(NCc1cccc(F)c1)NCC(C)CN1CCCCC1. The lowest BCUT2D eigenvalue weighted by atomic mass is 10.1. The van der Waals surface area contributed by atoms with Gasteiger partial charge in [0, 0.05) is 26.7 Å². The van der Waals surface area contributed by atoms with Gasteiger partial charge < -0.3 is 15.5 Å². The number of halogens is 1. The number of nitrogens with one attached hydrogen (secondary N) is 2. The smallest absolute Gasteiger partial charge is 0.191 e. The van der Waals surface area contributed by atoms with Crippen molar-refractivity contribution in [3.05, 3.63) is 35.6 Å². The lowest BCUT2D eigenvalue weighted by molar-refractivity contribution is 0.201. The fourth-order valence-corrected chi connectivity index (χ4v) is 2.97. The van der Waals surface area contributed by atoms with Crippen LogP contribution >= 0.6 is 0 Å². The van der Waals surface area contributed by atoms with E-state index in [-0.39, 0.29) is 5.82 Å². The molecule has 1 aliphatic rings. The van der Waals surface area contributed by atoms with Crippen molar-refractivity contribution in [2.24, 2.45) is 10.9 Å². The summed E-state index contributed by atoms with van der Waals surface area (Å²) in [4.78, 5) is 6.79. The Kier molecular flexibility index (Phi) is 7.33. The van der Waals surface area contributed by atoms with Gasteiger partial charge in [0.05, 0.1) is 0 Å². The van der Waals surface area contributed by atoms with Crippen molar-refractivity contribution in [1.82, 2.24) is 15.5 Å². The summed E-state index contributed by atoms with van der Waals surface area (Å²) in [5.74, 6) is 1.13. The van der Waals surface area contributed by atoms with Crippen LogP contribution in [0.4, 0.5) is 4.39 Å². The molecule has 1 fully saturated rings. The van der Waals surface area contributed by atoms with E-state index in [1.54, 1.807) is 19.2 Å². The molecule has 0 amide bonds. The van der Waals surface area contributed by atoms with Gasteiger partial charge in [0.15, 0.2) is 5.96 Å². The molecule has 1 aromatic rings. The van der Waals surface area contributed by atoms with Gasteiger partial charge in [-0.25, -0.2) is 4.39 Å². The number of likely N-dealkylation sites (tertiary alicyclic amines) is 1. The highest BCUT2D eigenvalue weighted by Gasteiger charge is 2.13. The predicted octanol–water partition coefficient (Wildman–Crippen LogP) is 2.61. The third-order valence-electron chi connectivity index (χ3n) is 4.21. The first-order chi connectivity index (χ1) is 11.2. The number of aliphatic imine (C=N–C) groups is 1. The predicted molar refractivity (Wildman–Crippen MR) is 94.1 cm³/mol. The molecule has 128 valence electrons. The molecule has 0 radical (unpaired) electrons.